The minimum atomic E-state index is -4.35. The van der Waals surface area contributed by atoms with Gasteiger partial charge in [0.15, 0.2) is 0 Å². The first-order valence-corrected chi connectivity index (χ1v) is 8.69. The largest absolute Gasteiger partial charge is 0.598 e. The van der Waals surface area contributed by atoms with Crippen LogP contribution < -0.4 is 4.72 Å². The number of hydrogen-bond acceptors (Lipinski definition) is 3. The fourth-order valence-corrected chi connectivity index (χ4v) is 4.05. The number of piperidine rings is 3. The molecule has 3 fully saturated rings. The molecule has 0 radical (unpaired) electrons. The molecule has 0 aromatic rings. The number of halogens is 3. The maximum absolute atomic E-state index is 13.3. The first kappa shape index (κ1) is 26.4. The van der Waals surface area contributed by atoms with Crippen LogP contribution in [0.2, 0.25) is 0 Å². The van der Waals surface area contributed by atoms with Gasteiger partial charge in [-0.1, -0.05) is 0 Å². The molecule has 2 unspecified atom stereocenters. The van der Waals surface area contributed by atoms with Crippen LogP contribution in [-0.4, -0.2) is 71.3 Å². The van der Waals surface area contributed by atoms with E-state index in [-0.39, 0.29) is 37.6 Å². The highest BCUT2D eigenvalue weighted by Crippen LogP contribution is 2.37. The zero-order chi connectivity index (χ0) is 15.8. The van der Waals surface area contributed by atoms with Gasteiger partial charge in [-0.15, -0.1) is 4.72 Å². The lowest BCUT2D eigenvalue weighted by Gasteiger charge is -2.46. The summed E-state index contributed by atoms with van der Waals surface area (Å²) in [6.45, 7) is 7.81. The number of nitrogens with zero attached hydrogens (tertiary/aromatic N) is 1. The highest BCUT2D eigenvalue weighted by atomic mass is 32.2. The third-order valence-corrected chi connectivity index (χ3v) is 6.14. The number of alkyl halides is 3. The maximum atomic E-state index is 13.3. The van der Waals surface area contributed by atoms with Crippen LogP contribution >= 0.6 is 0 Å². The Morgan fingerprint density at radius 3 is 1.96 bits per heavy atom. The van der Waals surface area contributed by atoms with Crippen LogP contribution in [0.4, 0.5) is 13.2 Å². The van der Waals surface area contributed by atoms with Gasteiger partial charge >= 0.3 is 6.18 Å². The molecule has 3 aliphatic heterocycles. The molecular weight excluding hydrogens is 334 g/mol. The van der Waals surface area contributed by atoms with Crippen molar-refractivity contribution in [3.8, 4) is 0 Å². The molecule has 3 atom stereocenters. The molecule has 0 spiro atoms. The number of fused-ring (bicyclic) bond motifs is 3. The summed E-state index contributed by atoms with van der Waals surface area (Å²) in [7, 11) is 0. The minimum absolute atomic E-state index is 0. The van der Waals surface area contributed by atoms with Gasteiger partial charge in [-0.05, 0) is 65.0 Å². The van der Waals surface area contributed by atoms with E-state index in [0.29, 0.717) is 5.92 Å². The zero-order valence-corrected chi connectivity index (χ0v) is 13.7. The Kier molecular flexibility index (Phi) is 10.8. The highest BCUT2D eigenvalue weighted by molar-refractivity contribution is 7.90. The molecule has 10 heteroatoms. The van der Waals surface area contributed by atoms with E-state index in [2.05, 4.69) is 9.62 Å². The second kappa shape index (κ2) is 9.79. The van der Waals surface area contributed by atoms with E-state index < -0.39 is 28.3 Å². The van der Waals surface area contributed by atoms with E-state index >= 15 is 0 Å². The standard InChI is InChI=1S/C14H25F3N2OS.3BH3/c1-13(2,3)21(20)18-12(14(15,16)17)8-11-9-19-6-4-10(11)5-7-19;;;/h10-12,18H,4-9H2,1-3H3;3*1H3/t11-,12?,21?;;;/m1.../s1. The summed E-state index contributed by atoms with van der Waals surface area (Å²) in [5.74, 6) is 0.452. The number of nitrogens with one attached hydrogen (secondary N) is 1. The smallest absolute Gasteiger partial charge is 0.408 e. The van der Waals surface area contributed by atoms with Crippen LogP contribution in [-0.2, 0) is 11.4 Å². The van der Waals surface area contributed by atoms with Gasteiger partial charge in [-0.25, -0.2) is 0 Å². The van der Waals surface area contributed by atoms with Gasteiger partial charge in [0.25, 0.3) is 0 Å². The molecule has 3 saturated heterocycles. The fraction of sp³-hybridized carbons (Fsp3) is 1.00. The van der Waals surface area contributed by atoms with Gasteiger partial charge in [0.1, 0.15) is 10.8 Å². The monoisotopic (exact) mass is 368 g/mol. The van der Waals surface area contributed by atoms with Crippen molar-refractivity contribution >= 4 is 36.6 Å². The molecule has 24 heavy (non-hydrogen) atoms. The number of hydrogen-bond donors (Lipinski definition) is 1. The first-order chi connectivity index (χ1) is 9.57. The predicted octanol–water partition coefficient (Wildman–Crippen LogP) is -0.851. The molecule has 0 amide bonds. The molecule has 0 aliphatic carbocycles. The Morgan fingerprint density at radius 2 is 1.62 bits per heavy atom. The van der Waals surface area contributed by atoms with E-state index in [1.54, 1.807) is 20.8 Å². The molecule has 3 rings (SSSR count). The average molecular weight is 368 g/mol. The van der Waals surface area contributed by atoms with E-state index in [0.717, 1.165) is 32.5 Å². The van der Waals surface area contributed by atoms with Crippen LogP contribution in [0, 0.1) is 11.8 Å². The predicted molar refractivity (Wildman–Crippen MR) is 108 cm³/mol. The molecule has 1 N–H and O–H groups in total. The maximum Gasteiger partial charge on any atom is 0.408 e. The van der Waals surface area contributed by atoms with E-state index in [9.17, 15) is 17.7 Å². The highest BCUT2D eigenvalue weighted by Gasteiger charge is 2.47. The van der Waals surface area contributed by atoms with E-state index in [1.165, 1.54) is 0 Å². The molecule has 3 heterocycles. The summed E-state index contributed by atoms with van der Waals surface area (Å²) in [6, 6.07) is -1.68. The Balaban J connectivity index is 0. The van der Waals surface area contributed by atoms with Crippen molar-refractivity contribution in [1.29, 1.82) is 0 Å². The van der Waals surface area contributed by atoms with Crippen molar-refractivity contribution in [1.82, 2.24) is 9.62 Å². The molecule has 3 aliphatic rings. The lowest BCUT2D eigenvalue weighted by atomic mass is 9.76. The quantitative estimate of drug-likeness (QED) is 0.519. The topological polar surface area (TPSA) is 38.3 Å². The van der Waals surface area contributed by atoms with Gasteiger partial charge in [-0.2, -0.15) is 13.2 Å². The van der Waals surface area contributed by atoms with Gasteiger partial charge in [-0.3, -0.25) is 0 Å². The molecule has 0 aromatic carbocycles. The third kappa shape index (κ3) is 6.85. The Hall–Kier alpha value is 0.215. The summed E-state index contributed by atoms with van der Waals surface area (Å²) in [5.41, 5.74) is 0. The summed E-state index contributed by atoms with van der Waals surface area (Å²) >= 11 is -1.70. The van der Waals surface area contributed by atoms with Crippen molar-refractivity contribution in [2.45, 2.75) is 57.0 Å². The lowest BCUT2D eigenvalue weighted by molar-refractivity contribution is -0.158. The van der Waals surface area contributed by atoms with Crippen LogP contribution in [0.1, 0.15) is 40.0 Å². The Morgan fingerprint density at radius 1 is 1.12 bits per heavy atom. The van der Waals surface area contributed by atoms with Gasteiger partial charge in [0.2, 0.25) is 0 Å². The second-order valence-electron chi connectivity index (χ2n) is 7.23. The first-order valence-electron chi connectivity index (χ1n) is 7.54. The van der Waals surface area contributed by atoms with Crippen molar-refractivity contribution in [3.63, 3.8) is 0 Å². The molecule has 0 saturated carbocycles. The van der Waals surface area contributed by atoms with Crippen molar-refractivity contribution < 1.29 is 17.7 Å². The summed E-state index contributed by atoms with van der Waals surface area (Å²) in [5, 5.41) is 0. The molecule has 142 valence electrons. The fourth-order valence-electron chi connectivity index (χ4n) is 3.21. The normalized spacial score (nSPS) is 28.9. The molecular formula is C14H34B3F3N2OS. The third-order valence-electron chi connectivity index (χ3n) is 4.53. The Bertz CT molecular complexity index is 364. The van der Waals surface area contributed by atoms with E-state index in [1.807, 2.05) is 0 Å². The van der Waals surface area contributed by atoms with Gasteiger partial charge < -0.3 is 9.45 Å². The van der Waals surface area contributed by atoms with Gasteiger partial charge in [0, 0.05) is 17.9 Å². The Labute approximate surface area is 152 Å². The molecule has 2 bridgehead atoms. The molecule has 0 aromatic heterocycles. The van der Waals surface area contributed by atoms with Crippen molar-refractivity contribution in [2.75, 3.05) is 19.6 Å². The summed E-state index contributed by atoms with van der Waals surface area (Å²) < 4.78 is 53.4. The van der Waals surface area contributed by atoms with Crippen LogP contribution in [0.3, 0.4) is 0 Å². The summed E-state index contributed by atoms with van der Waals surface area (Å²) in [4.78, 5) is 2.25. The zero-order valence-electron chi connectivity index (χ0n) is 12.9. The van der Waals surface area contributed by atoms with Crippen molar-refractivity contribution in [3.05, 3.63) is 0 Å². The van der Waals surface area contributed by atoms with Crippen molar-refractivity contribution in [2.24, 2.45) is 11.8 Å². The second-order valence-corrected chi connectivity index (χ2v) is 9.22. The average Bonchev–Trinajstić information content (AvgIpc) is 2.37. The van der Waals surface area contributed by atoms with Crippen LogP contribution in [0.25, 0.3) is 0 Å². The SMILES string of the molecule is B.B.B.CC(C)(C)[S+]([O-])NC(C[C@@H]1CN2CCC1CC2)C(F)(F)F. The van der Waals surface area contributed by atoms with Crippen LogP contribution in [0.15, 0.2) is 0 Å². The number of rotatable bonds is 4. The van der Waals surface area contributed by atoms with Crippen LogP contribution in [0.5, 0.6) is 0 Å². The van der Waals surface area contributed by atoms with E-state index in [4.69, 9.17) is 0 Å². The molecule has 3 nitrogen and oxygen atoms in total. The lowest BCUT2D eigenvalue weighted by Crippen LogP contribution is -2.54. The minimum Gasteiger partial charge on any atom is -0.598 e. The van der Waals surface area contributed by atoms with Gasteiger partial charge in [0.05, 0.1) is 25.2 Å². The summed E-state index contributed by atoms with van der Waals surface area (Å²) in [6.07, 6.45) is -2.32.